The van der Waals surface area contributed by atoms with Crippen LogP contribution in [0, 0.1) is 0 Å². The van der Waals surface area contributed by atoms with Crippen molar-refractivity contribution in [1.82, 2.24) is 4.98 Å². The van der Waals surface area contributed by atoms with Gasteiger partial charge in [-0.05, 0) is 29.8 Å². The smallest absolute Gasteiger partial charge is 0.215 e. The van der Waals surface area contributed by atoms with Crippen molar-refractivity contribution in [2.75, 3.05) is 0 Å². The zero-order chi connectivity index (χ0) is 14.7. The van der Waals surface area contributed by atoms with Crippen molar-refractivity contribution < 1.29 is 14.4 Å². The van der Waals surface area contributed by atoms with Gasteiger partial charge in [0.25, 0.3) is 0 Å². The zero-order valence-corrected chi connectivity index (χ0v) is 11.1. The molecule has 21 heavy (non-hydrogen) atoms. The van der Waals surface area contributed by atoms with Gasteiger partial charge in [0.1, 0.15) is 12.2 Å². The Kier molecular flexibility index (Phi) is 3.42. The highest BCUT2D eigenvalue weighted by Gasteiger charge is 2.19. The van der Waals surface area contributed by atoms with Gasteiger partial charge < -0.3 is 20.1 Å². The summed E-state index contributed by atoms with van der Waals surface area (Å²) >= 11 is 0. The molecular weight excluding hydrogens is 270 g/mol. The summed E-state index contributed by atoms with van der Waals surface area (Å²) in [4.78, 5) is 3.95. The number of nitrogens with zero attached hydrogens (tertiary/aromatic N) is 2. The number of rotatable bonds is 4. The monoisotopic (exact) mass is 283 g/mol. The highest BCUT2D eigenvalue weighted by Crippen LogP contribution is 2.33. The van der Waals surface area contributed by atoms with Gasteiger partial charge in [-0.15, -0.1) is 0 Å². The topological polar surface area (TPSA) is 93.9 Å². The number of oxime groups is 1. The van der Waals surface area contributed by atoms with Crippen LogP contribution >= 0.6 is 0 Å². The number of aromatic nitrogens is 1. The number of hydrogen-bond acceptors (Lipinski definition) is 5. The van der Waals surface area contributed by atoms with Gasteiger partial charge >= 0.3 is 0 Å². The van der Waals surface area contributed by atoms with Gasteiger partial charge in [-0.2, -0.15) is 0 Å². The molecule has 0 amide bonds. The van der Waals surface area contributed by atoms with Gasteiger partial charge in [0.05, 0.1) is 5.39 Å². The normalized spacial score (nSPS) is 11.7. The predicted molar refractivity (Wildman–Crippen MR) is 77.3 cm³/mol. The van der Waals surface area contributed by atoms with Gasteiger partial charge in [0.15, 0.2) is 5.75 Å². The number of amidine groups is 1. The van der Waals surface area contributed by atoms with Crippen molar-refractivity contribution >= 4 is 16.8 Å². The van der Waals surface area contributed by atoms with E-state index in [0.29, 0.717) is 17.9 Å². The Morgan fingerprint density at radius 1 is 1.24 bits per heavy atom. The molecule has 3 rings (SSSR count). The molecule has 0 saturated heterocycles. The molecule has 3 aromatic rings. The SMILES string of the molecule is N/C(=N/O)c1oc2ccccc2c1OCc1ccncc1. The highest BCUT2D eigenvalue weighted by atomic mass is 16.5. The summed E-state index contributed by atoms with van der Waals surface area (Å²) in [7, 11) is 0. The Bertz CT molecular complexity index is 781. The average Bonchev–Trinajstić information content (AvgIpc) is 2.92. The van der Waals surface area contributed by atoms with Crippen LogP contribution in [0.25, 0.3) is 11.0 Å². The summed E-state index contributed by atoms with van der Waals surface area (Å²) < 4.78 is 11.4. The van der Waals surface area contributed by atoms with E-state index in [4.69, 9.17) is 20.1 Å². The van der Waals surface area contributed by atoms with Gasteiger partial charge in [-0.3, -0.25) is 4.98 Å². The molecule has 1 aromatic carbocycles. The minimum Gasteiger partial charge on any atom is -0.484 e. The fourth-order valence-electron chi connectivity index (χ4n) is 2.01. The van der Waals surface area contributed by atoms with Gasteiger partial charge in [0, 0.05) is 12.4 Å². The van der Waals surface area contributed by atoms with E-state index in [0.717, 1.165) is 10.9 Å². The molecule has 0 aliphatic heterocycles. The van der Waals surface area contributed by atoms with Crippen molar-refractivity contribution in [1.29, 1.82) is 0 Å². The molecule has 0 fully saturated rings. The fraction of sp³-hybridized carbons (Fsp3) is 0.0667. The van der Waals surface area contributed by atoms with Gasteiger partial charge in [-0.25, -0.2) is 0 Å². The first kappa shape index (κ1) is 13.0. The van der Waals surface area contributed by atoms with Crippen LogP contribution in [0.1, 0.15) is 11.3 Å². The maximum absolute atomic E-state index is 8.86. The summed E-state index contributed by atoms with van der Waals surface area (Å²) in [5.74, 6) is 0.543. The minimum atomic E-state index is -0.129. The second kappa shape index (κ2) is 5.54. The Morgan fingerprint density at radius 3 is 2.76 bits per heavy atom. The summed E-state index contributed by atoms with van der Waals surface area (Å²) in [6.45, 7) is 0.331. The summed E-state index contributed by atoms with van der Waals surface area (Å²) in [5.41, 5.74) is 7.22. The minimum absolute atomic E-state index is 0.129. The zero-order valence-electron chi connectivity index (χ0n) is 11.1. The van der Waals surface area contributed by atoms with Crippen LogP contribution in [0.15, 0.2) is 58.4 Å². The lowest BCUT2D eigenvalue weighted by molar-refractivity contribution is 0.300. The third kappa shape index (κ3) is 2.51. The number of fused-ring (bicyclic) bond motifs is 1. The van der Waals surface area contributed by atoms with Crippen LogP contribution in [-0.4, -0.2) is 16.0 Å². The standard InChI is InChI=1S/C15H13N3O3/c16-15(18-19)14-13(11-3-1-2-4-12(11)21-14)20-9-10-5-7-17-8-6-10/h1-8,19H,9H2,(H2,16,18). The van der Waals surface area contributed by atoms with Crippen molar-refractivity contribution in [3.05, 3.63) is 60.1 Å². The first-order valence-electron chi connectivity index (χ1n) is 6.30. The summed E-state index contributed by atoms with van der Waals surface area (Å²) in [5, 5.41) is 12.6. The lowest BCUT2D eigenvalue weighted by Crippen LogP contribution is -2.13. The number of benzene rings is 1. The lowest BCUT2D eigenvalue weighted by atomic mass is 10.2. The average molecular weight is 283 g/mol. The van der Waals surface area contributed by atoms with E-state index in [2.05, 4.69) is 10.1 Å². The van der Waals surface area contributed by atoms with Crippen molar-refractivity contribution in [3.8, 4) is 5.75 Å². The molecule has 0 bridgehead atoms. The number of furan rings is 1. The maximum Gasteiger partial charge on any atom is 0.215 e. The van der Waals surface area contributed by atoms with E-state index < -0.39 is 0 Å². The summed E-state index contributed by atoms with van der Waals surface area (Å²) in [6.07, 6.45) is 3.38. The van der Waals surface area contributed by atoms with E-state index in [-0.39, 0.29) is 11.6 Å². The number of para-hydroxylation sites is 1. The highest BCUT2D eigenvalue weighted by molar-refractivity contribution is 6.03. The summed E-state index contributed by atoms with van der Waals surface area (Å²) in [6, 6.07) is 11.1. The lowest BCUT2D eigenvalue weighted by Gasteiger charge is -2.06. The number of ether oxygens (including phenoxy) is 1. The van der Waals surface area contributed by atoms with Crippen LogP contribution in [0.2, 0.25) is 0 Å². The molecule has 0 spiro atoms. The van der Waals surface area contributed by atoms with Gasteiger partial charge in [0.2, 0.25) is 11.6 Å². The third-order valence-corrected chi connectivity index (χ3v) is 3.02. The number of hydrogen-bond donors (Lipinski definition) is 2. The van der Waals surface area contributed by atoms with Gasteiger partial charge in [-0.1, -0.05) is 17.3 Å². The fourth-order valence-corrected chi connectivity index (χ4v) is 2.01. The Labute approximate surface area is 120 Å². The number of pyridine rings is 1. The van der Waals surface area contributed by atoms with Crippen LogP contribution in [0.5, 0.6) is 5.75 Å². The van der Waals surface area contributed by atoms with Crippen molar-refractivity contribution in [3.63, 3.8) is 0 Å². The Morgan fingerprint density at radius 2 is 2.00 bits per heavy atom. The molecule has 6 nitrogen and oxygen atoms in total. The maximum atomic E-state index is 8.86. The molecule has 0 atom stereocenters. The van der Waals surface area contributed by atoms with E-state index in [1.54, 1.807) is 18.5 Å². The molecular formula is C15H13N3O3. The van der Waals surface area contributed by atoms with Crippen LogP contribution in [-0.2, 0) is 6.61 Å². The molecule has 106 valence electrons. The van der Waals surface area contributed by atoms with Crippen LogP contribution in [0.3, 0.4) is 0 Å². The Hall–Kier alpha value is -3.02. The first-order valence-corrected chi connectivity index (χ1v) is 6.30. The molecule has 0 unspecified atom stereocenters. The molecule has 6 heteroatoms. The Balaban J connectivity index is 1.99. The first-order chi connectivity index (χ1) is 10.3. The molecule has 0 saturated carbocycles. The van der Waals surface area contributed by atoms with E-state index in [1.165, 1.54) is 0 Å². The number of nitrogens with two attached hydrogens (primary N) is 1. The van der Waals surface area contributed by atoms with E-state index in [9.17, 15) is 0 Å². The molecule has 0 aliphatic rings. The largest absolute Gasteiger partial charge is 0.484 e. The molecule has 0 aliphatic carbocycles. The van der Waals surface area contributed by atoms with E-state index >= 15 is 0 Å². The molecule has 0 radical (unpaired) electrons. The second-order valence-electron chi connectivity index (χ2n) is 4.39. The third-order valence-electron chi connectivity index (χ3n) is 3.02. The van der Waals surface area contributed by atoms with Crippen molar-refractivity contribution in [2.45, 2.75) is 6.61 Å². The van der Waals surface area contributed by atoms with Crippen molar-refractivity contribution in [2.24, 2.45) is 10.9 Å². The van der Waals surface area contributed by atoms with Crippen LogP contribution in [0.4, 0.5) is 0 Å². The molecule has 2 aromatic heterocycles. The van der Waals surface area contributed by atoms with Crippen LogP contribution < -0.4 is 10.5 Å². The quantitative estimate of drug-likeness (QED) is 0.332. The van der Waals surface area contributed by atoms with E-state index in [1.807, 2.05) is 30.3 Å². The second-order valence-corrected chi connectivity index (χ2v) is 4.39. The molecule has 2 heterocycles. The molecule has 3 N–H and O–H groups in total. The predicted octanol–water partition coefficient (Wildman–Crippen LogP) is 2.50.